The maximum Gasteiger partial charge on any atom is 0.163 e. The van der Waals surface area contributed by atoms with Gasteiger partial charge in [0.25, 0.3) is 0 Å². The van der Waals surface area contributed by atoms with Crippen molar-refractivity contribution < 1.29 is 4.58 Å². The fourth-order valence-corrected chi connectivity index (χ4v) is 2.84. The van der Waals surface area contributed by atoms with E-state index in [-0.39, 0.29) is 0 Å². The van der Waals surface area contributed by atoms with Gasteiger partial charge in [-0.3, -0.25) is 0 Å². The molecule has 0 unspecified atom stereocenters. The summed E-state index contributed by atoms with van der Waals surface area (Å²) in [5.74, 6) is 0. The second-order valence-corrected chi connectivity index (χ2v) is 5.56. The normalized spacial score (nSPS) is 14.6. The third-order valence-corrected chi connectivity index (χ3v) is 4.01. The van der Waals surface area contributed by atoms with Crippen LogP contribution in [0.3, 0.4) is 0 Å². The zero-order valence-corrected chi connectivity index (χ0v) is 12.4. The molecule has 106 valence electrons. The lowest BCUT2D eigenvalue weighted by atomic mass is 9.98. The predicted molar refractivity (Wildman–Crippen MR) is 89.9 cm³/mol. The molecule has 0 bridgehead atoms. The standard InChI is InChI=1S/C20H22N/c1-4-10-18(11-5-1)20(19-12-6-2-7-13-19)14-17-21-15-8-3-9-16-21/h1-2,4-7,10-14,17H,3,8-9,15-16H2/q+1. The molecule has 0 aromatic heterocycles. The summed E-state index contributed by atoms with van der Waals surface area (Å²) < 4.78 is 2.44. The Labute approximate surface area is 127 Å². The van der Waals surface area contributed by atoms with Gasteiger partial charge in [-0.15, -0.1) is 0 Å². The SMILES string of the molecule is C(C=[N+]1CCCCC1)=C(c1ccccc1)c1ccccc1. The Morgan fingerprint density at radius 3 is 1.76 bits per heavy atom. The third-order valence-electron chi connectivity index (χ3n) is 4.01. The van der Waals surface area contributed by atoms with Crippen molar-refractivity contribution in [3.8, 4) is 0 Å². The van der Waals surface area contributed by atoms with Gasteiger partial charge in [0, 0.05) is 18.9 Å². The molecule has 21 heavy (non-hydrogen) atoms. The van der Waals surface area contributed by atoms with Crippen molar-refractivity contribution in [2.75, 3.05) is 13.1 Å². The topological polar surface area (TPSA) is 3.01 Å². The van der Waals surface area contributed by atoms with Crippen molar-refractivity contribution in [2.45, 2.75) is 19.3 Å². The van der Waals surface area contributed by atoms with Crippen LogP contribution < -0.4 is 0 Å². The highest BCUT2D eigenvalue weighted by atomic mass is 15.0. The minimum Gasteiger partial charge on any atom is -0.236 e. The van der Waals surface area contributed by atoms with E-state index >= 15 is 0 Å². The maximum atomic E-state index is 2.44. The third kappa shape index (κ3) is 3.69. The molecule has 1 nitrogen and oxygen atoms in total. The zero-order valence-electron chi connectivity index (χ0n) is 12.4. The average Bonchev–Trinajstić information content (AvgIpc) is 2.58. The van der Waals surface area contributed by atoms with E-state index in [1.54, 1.807) is 0 Å². The van der Waals surface area contributed by atoms with Gasteiger partial charge in [0.2, 0.25) is 0 Å². The second-order valence-electron chi connectivity index (χ2n) is 5.56. The van der Waals surface area contributed by atoms with Gasteiger partial charge in [0.05, 0.1) is 0 Å². The van der Waals surface area contributed by atoms with E-state index < -0.39 is 0 Å². The highest BCUT2D eigenvalue weighted by Gasteiger charge is 2.10. The fraction of sp³-hybridized carbons (Fsp3) is 0.250. The largest absolute Gasteiger partial charge is 0.236 e. The van der Waals surface area contributed by atoms with Crippen molar-refractivity contribution in [3.63, 3.8) is 0 Å². The molecular formula is C20H22N+. The van der Waals surface area contributed by atoms with Crippen LogP contribution in [-0.2, 0) is 0 Å². The zero-order chi connectivity index (χ0) is 14.3. The predicted octanol–water partition coefficient (Wildman–Crippen LogP) is 4.39. The molecule has 0 radical (unpaired) electrons. The van der Waals surface area contributed by atoms with Crippen LogP contribution in [0.5, 0.6) is 0 Å². The lowest BCUT2D eigenvalue weighted by molar-refractivity contribution is -0.532. The first-order valence-corrected chi connectivity index (χ1v) is 7.83. The second kappa shape index (κ2) is 7.03. The molecule has 2 aromatic rings. The van der Waals surface area contributed by atoms with E-state index in [1.165, 1.54) is 49.1 Å². The van der Waals surface area contributed by atoms with Crippen LogP contribution in [0.4, 0.5) is 0 Å². The van der Waals surface area contributed by atoms with Gasteiger partial charge in [0.15, 0.2) is 6.21 Å². The van der Waals surface area contributed by atoms with Gasteiger partial charge in [-0.05, 0) is 23.1 Å². The van der Waals surface area contributed by atoms with Gasteiger partial charge in [0.1, 0.15) is 13.1 Å². The van der Waals surface area contributed by atoms with Crippen molar-refractivity contribution in [2.24, 2.45) is 0 Å². The molecule has 0 saturated carbocycles. The molecule has 0 atom stereocenters. The van der Waals surface area contributed by atoms with E-state index in [9.17, 15) is 0 Å². The molecular weight excluding hydrogens is 254 g/mol. The minimum absolute atomic E-state index is 1.19. The Kier molecular flexibility index (Phi) is 4.62. The monoisotopic (exact) mass is 276 g/mol. The van der Waals surface area contributed by atoms with Gasteiger partial charge in [-0.2, -0.15) is 0 Å². The summed E-state index contributed by atoms with van der Waals surface area (Å²) in [6.07, 6.45) is 8.55. The molecule has 1 aliphatic heterocycles. The smallest absolute Gasteiger partial charge is 0.163 e. The molecule has 2 aromatic carbocycles. The first-order chi connectivity index (χ1) is 10.4. The Morgan fingerprint density at radius 1 is 0.714 bits per heavy atom. The lowest BCUT2D eigenvalue weighted by Crippen LogP contribution is -2.20. The van der Waals surface area contributed by atoms with E-state index in [2.05, 4.69) is 77.5 Å². The quantitative estimate of drug-likeness (QED) is 0.732. The molecule has 3 rings (SSSR count). The molecule has 0 N–H and O–H groups in total. The van der Waals surface area contributed by atoms with Crippen molar-refractivity contribution in [1.29, 1.82) is 0 Å². The number of piperidine rings is 1. The van der Waals surface area contributed by atoms with E-state index in [1.807, 2.05) is 0 Å². The first kappa shape index (κ1) is 13.8. The molecule has 0 amide bonds. The molecule has 1 aliphatic rings. The van der Waals surface area contributed by atoms with Gasteiger partial charge >= 0.3 is 0 Å². The van der Waals surface area contributed by atoms with Gasteiger partial charge in [-0.1, -0.05) is 60.7 Å². The summed E-state index contributed by atoms with van der Waals surface area (Å²) in [5.41, 5.74) is 3.84. The van der Waals surface area contributed by atoms with Crippen molar-refractivity contribution >= 4 is 11.8 Å². The highest BCUT2D eigenvalue weighted by Crippen LogP contribution is 2.22. The summed E-state index contributed by atoms with van der Waals surface area (Å²) in [6.45, 7) is 2.38. The summed E-state index contributed by atoms with van der Waals surface area (Å²) in [5, 5.41) is 0. The van der Waals surface area contributed by atoms with Crippen LogP contribution in [0.1, 0.15) is 30.4 Å². The lowest BCUT2D eigenvalue weighted by Gasteiger charge is -2.10. The van der Waals surface area contributed by atoms with E-state index in [0.29, 0.717) is 0 Å². The molecule has 0 spiro atoms. The Hall–Kier alpha value is -2.15. The highest BCUT2D eigenvalue weighted by molar-refractivity contribution is 5.89. The Morgan fingerprint density at radius 2 is 1.24 bits per heavy atom. The summed E-state index contributed by atoms with van der Waals surface area (Å²) in [6, 6.07) is 21.3. The number of allylic oxidation sites excluding steroid dienone is 1. The molecule has 1 heteroatoms. The Bertz CT molecular complexity index is 574. The number of nitrogens with zero attached hydrogens (tertiary/aromatic N) is 1. The van der Waals surface area contributed by atoms with Crippen LogP contribution in [-0.4, -0.2) is 23.9 Å². The summed E-state index contributed by atoms with van der Waals surface area (Å²) in [4.78, 5) is 0. The van der Waals surface area contributed by atoms with Crippen molar-refractivity contribution in [1.82, 2.24) is 0 Å². The maximum absolute atomic E-state index is 2.44. The van der Waals surface area contributed by atoms with E-state index in [0.717, 1.165) is 0 Å². The molecule has 1 heterocycles. The molecule has 1 saturated heterocycles. The van der Waals surface area contributed by atoms with Crippen molar-refractivity contribution in [3.05, 3.63) is 77.9 Å². The van der Waals surface area contributed by atoms with Crippen LogP contribution >= 0.6 is 0 Å². The van der Waals surface area contributed by atoms with Crippen LogP contribution in [0.15, 0.2) is 66.7 Å². The number of hydrogen-bond donors (Lipinski definition) is 0. The average molecular weight is 276 g/mol. The first-order valence-electron chi connectivity index (χ1n) is 7.83. The van der Waals surface area contributed by atoms with Gasteiger partial charge in [-0.25, -0.2) is 4.58 Å². The number of hydrogen-bond acceptors (Lipinski definition) is 0. The fourth-order valence-electron chi connectivity index (χ4n) is 2.84. The Balaban J connectivity index is 1.96. The van der Waals surface area contributed by atoms with E-state index in [4.69, 9.17) is 0 Å². The minimum atomic E-state index is 1.19. The summed E-state index contributed by atoms with van der Waals surface area (Å²) in [7, 11) is 0. The van der Waals surface area contributed by atoms with Crippen LogP contribution in [0, 0.1) is 0 Å². The van der Waals surface area contributed by atoms with Crippen LogP contribution in [0.25, 0.3) is 5.57 Å². The van der Waals surface area contributed by atoms with Gasteiger partial charge < -0.3 is 0 Å². The van der Waals surface area contributed by atoms with Crippen LogP contribution in [0.2, 0.25) is 0 Å². The summed E-state index contributed by atoms with van der Waals surface area (Å²) >= 11 is 0. The number of rotatable bonds is 3. The number of benzene rings is 2. The molecule has 1 fully saturated rings. The molecule has 0 aliphatic carbocycles.